The number of anilines is 1. The third-order valence-corrected chi connectivity index (χ3v) is 2.85. The van der Waals surface area contributed by atoms with Crippen LogP contribution in [0, 0.1) is 12.3 Å². The van der Waals surface area contributed by atoms with Crippen molar-refractivity contribution in [1.82, 2.24) is 9.97 Å². The maximum atomic E-state index is 5.76. The van der Waals surface area contributed by atoms with Gasteiger partial charge in [0.05, 0.1) is 0 Å². The van der Waals surface area contributed by atoms with Crippen molar-refractivity contribution in [2.45, 2.75) is 34.1 Å². The van der Waals surface area contributed by atoms with E-state index in [0.29, 0.717) is 6.54 Å². The van der Waals surface area contributed by atoms with Gasteiger partial charge in [0.1, 0.15) is 11.6 Å². The SMILES string of the molecule is CCc1cc(N(C)CC(C)(C)CN)nc(C)n1. The molecule has 0 unspecified atom stereocenters. The van der Waals surface area contributed by atoms with Gasteiger partial charge in [0.2, 0.25) is 0 Å². The Morgan fingerprint density at radius 1 is 1.35 bits per heavy atom. The molecule has 0 aliphatic rings. The van der Waals surface area contributed by atoms with E-state index in [1.54, 1.807) is 0 Å². The van der Waals surface area contributed by atoms with Crippen LogP contribution in [0.3, 0.4) is 0 Å². The molecule has 0 aliphatic heterocycles. The Hall–Kier alpha value is -1.16. The van der Waals surface area contributed by atoms with E-state index in [-0.39, 0.29) is 5.41 Å². The highest BCUT2D eigenvalue weighted by Gasteiger charge is 2.19. The Labute approximate surface area is 104 Å². The van der Waals surface area contributed by atoms with Crippen LogP contribution >= 0.6 is 0 Å². The fraction of sp³-hybridized carbons (Fsp3) is 0.692. The molecule has 4 heteroatoms. The number of hydrogen-bond acceptors (Lipinski definition) is 4. The average Bonchev–Trinajstić information content (AvgIpc) is 2.27. The van der Waals surface area contributed by atoms with Gasteiger partial charge in [0, 0.05) is 25.4 Å². The Morgan fingerprint density at radius 2 is 2.00 bits per heavy atom. The van der Waals surface area contributed by atoms with Gasteiger partial charge in [0.15, 0.2) is 0 Å². The number of aromatic nitrogens is 2. The first-order chi connectivity index (χ1) is 7.88. The molecule has 1 heterocycles. The third kappa shape index (κ3) is 3.97. The summed E-state index contributed by atoms with van der Waals surface area (Å²) in [5, 5.41) is 0. The lowest BCUT2D eigenvalue weighted by Crippen LogP contribution is -2.37. The van der Waals surface area contributed by atoms with E-state index in [4.69, 9.17) is 5.73 Å². The van der Waals surface area contributed by atoms with E-state index in [1.165, 1.54) is 0 Å². The molecule has 1 aromatic heterocycles. The first-order valence-electron chi connectivity index (χ1n) is 6.13. The van der Waals surface area contributed by atoms with Gasteiger partial charge in [-0.2, -0.15) is 0 Å². The highest BCUT2D eigenvalue weighted by Crippen LogP contribution is 2.19. The van der Waals surface area contributed by atoms with Crippen LogP contribution in [0.4, 0.5) is 5.82 Å². The van der Waals surface area contributed by atoms with Crippen molar-refractivity contribution in [2.75, 3.05) is 25.0 Å². The zero-order valence-electron chi connectivity index (χ0n) is 11.6. The fourth-order valence-electron chi connectivity index (χ4n) is 1.78. The second-order valence-electron chi connectivity index (χ2n) is 5.34. The first-order valence-corrected chi connectivity index (χ1v) is 6.13. The number of rotatable bonds is 5. The molecule has 0 bridgehead atoms. The molecule has 0 amide bonds. The minimum atomic E-state index is 0.0972. The highest BCUT2D eigenvalue weighted by atomic mass is 15.2. The van der Waals surface area contributed by atoms with Crippen molar-refractivity contribution >= 4 is 5.82 Å². The maximum Gasteiger partial charge on any atom is 0.132 e. The molecular formula is C13H24N4. The second kappa shape index (κ2) is 5.45. The minimum absolute atomic E-state index is 0.0972. The van der Waals surface area contributed by atoms with Crippen molar-refractivity contribution in [2.24, 2.45) is 11.1 Å². The van der Waals surface area contributed by atoms with Crippen molar-refractivity contribution in [3.05, 3.63) is 17.6 Å². The standard InChI is InChI=1S/C13H24N4/c1-6-11-7-12(16-10(2)15-11)17(5)9-13(3,4)8-14/h7H,6,8-9,14H2,1-5H3. The zero-order valence-corrected chi connectivity index (χ0v) is 11.6. The maximum absolute atomic E-state index is 5.76. The molecule has 1 rings (SSSR count). The normalized spacial score (nSPS) is 11.6. The van der Waals surface area contributed by atoms with Crippen LogP contribution in [0.1, 0.15) is 32.3 Å². The molecule has 17 heavy (non-hydrogen) atoms. The quantitative estimate of drug-likeness (QED) is 0.846. The molecule has 1 aromatic rings. The van der Waals surface area contributed by atoms with E-state index in [9.17, 15) is 0 Å². The molecule has 0 aromatic carbocycles. The van der Waals surface area contributed by atoms with Crippen molar-refractivity contribution in [3.8, 4) is 0 Å². The van der Waals surface area contributed by atoms with Gasteiger partial charge in [-0.25, -0.2) is 9.97 Å². The van der Waals surface area contributed by atoms with Crippen LogP contribution in [0.2, 0.25) is 0 Å². The van der Waals surface area contributed by atoms with E-state index in [2.05, 4.69) is 48.8 Å². The molecule has 0 saturated carbocycles. The van der Waals surface area contributed by atoms with Gasteiger partial charge >= 0.3 is 0 Å². The van der Waals surface area contributed by atoms with Gasteiger partial charge in [-0.15, -0.1) is 0 Å². The number of nitrogens with zero attached hydrogens (tertiary/aromatic N) is 3. The van der Waals surface area contributed by atoms with Crippen LogP contribution in [-0.4, -0.2) is 30.1 Å². The summed E-state index contributed by atoms with van der Waals surface area (Å²) in [6.07, 6.45) is 0.935. The summed E-state index contributed by atoms with van der Waals surface area (Å²) < 4.78 is 0. The second-order valence-corrected chi connectivity index (χ2v) is 5.34. The van der Waals surface area contributed by atoms with Gasteiger partial charge in [-0.3, -0.25) is 0 Å². The molecule has 0 saturated heterocycles. The summed E-state index contributed by atoms with van der Waals surface area (Å²) in [5.41, 5.74) is 6.94. The van der Waals surface area contributed by atoms with E-state index < -0.39 is 0 Å². The van der Waals surface area contributed by atoms with E-state index >= 15 is 0 Å². The van der Waals surface area contributed by atoms with Gasteiger partial charge in [-0.1, -0.05) is 20.8 Å². The van der Waals surface area contributed by atoms with Crippen LogP contribution in [0.5, 0.6) is 0 Å². The lowest BCUT2D eigenvalue weighted by atomic mass is 9.93. The number of hydrogen-bond donors (Lipinski definition) is 1. The fourth-order valence-corrected chi connectivity index (χ4v) is 1.78. The van der Waals surface area contributed by atoms with Crippen LogP contribution in [0.15, 0.2) is 6.07 Å². The Morgan fingerprint density at radius 3 is 2.53 bits per heavy atom. The van der Waals surface area contributed by atoms with Crippen molar-refractivity contribution < 1.29 is 0 Å². The zero-order chi connectivity index (χ0) is 13.1. The van der Waals surface area contributed by atoms with Gasteiger partial charge in [0.25, 0.3) is 0 Å². The van der Waals surface area contributed by atoms with Gasteiger partial charge < -0.3 is 10.6 Å². The van der Waals surface area contributed by atoms with Crippen LogP contribution < -0.4 is 10.6 Å². The van der Waals surface area contributed by atoms with Crippen LogP contribution in [0.25, 0.3) is 0 Å². The molecule has 96 valence electrons. The van der Waals surface area contributed by atoms with E-state index in [1.807, 2.05) is 6.92 Å². The first kappa shape index (κ1) is 13.9. The van der Waals surface area contributed by atoms with Crippen LogP contribution in [-0.2, 0) is 6.42 Å². The topological polar surface area (TPSA) is 55.0 Å². The predicted octanol–water partition coefficient (Wildman–Crippen LogP) is 1.77. The van der Waals surface area contributed by atoms with Crippen molar-refractivity contribution in [3.63, 3.8) is 0 Å². The molecule has 0 radical (unpaired) electrons. The molecule has 2 N–H and O–H groups in total. The Kier molecular flexibility index (Phi) is 4.46. The predicted molar refractivity (Wildman–Crippen MR) is 72.3 cm³/mol. The van der Waals surface area contributed by atoms with E-state index in [0.717, 1.165) is 30.3 Å². The lowest BCUT2D eigenvalue weighted by Gasteiger charge is -2.30. The number of aryl methyl sites for hydroxylation is 2. The minimum Gasteiger partial charge on any atom is -0.359 e. The molecule has 0 aliphatic carbocycles. The molecule has 0 fully saturated rings. The van der Waals surface area contributed by atoms with Gasteiger partial charge in [-0.05, 0) is 25.3 Å². The molecule has 4 nitrogen and oxygen atoms in total. The largest absolute Gasteiger partial charge is 0.359 e. The summed E-state index contributed by atoms with van der Waals surface area (Å²) in [4.78, 5) is 11.0. The summed E-state index contributed by atoms with van der Waals surface area (Å²) in [5.74, 6) is 1.81. The van der Waals surface area contributed by atoms with Crippen molar-refractivity contribution in [1.29, 1.82) is 0 Å². The monoisotopic (exact) mass is 236 g/mol. The Bertz CT molecular complexity index is 374. The molecular weight excluding hydrogens is 212 g/mol. The summed E-state index contributed by atoms with van der Waals surface area (Å²) >= 11 is 0. The summed E-state index contributed by atoms with van der Waals surface area (Å²) in [6, 6.07) is 2.06. The molecule has 0 spiro atoms. The summed E-state index contributed by atoms with van der Waals surface area (Å²) in [7, 11) is 2.05. The highest BCUT2D eigenvalue weighted by molar-refractivity contribution is 5.39. The lowest BCUT2D eigenvalue weighted by molar-refractivity contribution is 0.384. The molecule has 0 atom stereocenters. The third-order valence-electron chi connectivity index (χ3n) is 2.85. The Balaban J connectivity index is 2.88. The number of nitrogens with two attached hydrogens (primary N) is 1. The average molecular weight is 236 g/mol. The smallest absolute Gasteiger partial charge is 0.132 e. The summed E-state index contributed by atoms with van der Waals surface area (Å²) in [6.45, 7) is 9.93.